The standard InChI is InChI=1S/C66H48O6S2/c67-59-47-23-39-19-35-11-3-4-12-36(35)20-40(39)24-48(47)60(68)53(59)31-45-33-57-63(73-45)51-27-44-30-56-52(28-43(44)29-55(51)65(71-57)15-7-1-8-16-65)64-58(72-66(56)17-9-2-10-18-66)34-46(74-64)32-54-61(69)49-25-41-21-37-13-5-6-14-38(37)22-42(41)26-50(49)62(54)70/h3-6,11-14,19-34,43-44,59,67H,1-2,7-10,15-18H2/b53-31+. The summed E-state index contributed by atoms with van der Waals surface area (Å²) in [5.74, 6) is 1.29. The van der Waals surface area contributed by atoms with Crippen molar-refractivity contribution in [3.63, 3.8) is 0 Å². The fourth-order valence-corrected chi connectivity index (χ4v) is 16.2. The van der Waals surface area contributed by atoms with Gasteiger partial charge in [-0.15, -0.1) is 22.7 Å². The second kappa shape index (κ2) is 15.7. The third-order valence-electron chi connectivity index (χ3n) is 17.7. The predicted molar refractivity (Wildman–Crippen MR) is 297 cm³/mol. The SMILES string of the molecule is O=C1C(=Cc2cc3c(s2)C2=CC4C=C5C(=CC4C=C2C2(CCCCC2)O3)c2sc(/C=C3/C(=O)c4cc6cc7ccccc7cc6cc4C3O)cc2OC52CCCCC2)C(=O)c2cc3cc4ccccc4cc3cc21. The van der Waals surface area contributed by atoms with E-state index in [1.807, 2.05) is 54.6 Å². The molecule has 2 aromatic heterocycles. The number of rotatable bonds is 2. The number of Topliss-reactive ketones (excluding diaryl/α,β-unsaturated/α-hetero) is 3. The number of ether oxygens (including phenoxy) is 2. The zero-order valence-corrected chi connectivity index (χ0v) is 42.1. The number of thiophene rings is 2. The zero-order chi connectivity index (χ0) is 49.2. The summed E-state index contributed by atoms with van der Waals surface area (Å²) in [5, 5.41) is 20.1. The summed E-state index contributed by atoms with van der Waals surface area (Å²) in [4.78, 5) is 46.3. The van der Waals surface area contributed by atoms with Gasteiger partial charge in [0.2, 0.25) is 0 Å². The van der Waals surface area contributed by atoms with E-state index in [9.17, 15) is 19.5 Å². The highest BCUT2D eigenvalue weighted by atomic mass is 32.1. The molecule has 1 N–H and O–H groups in total. The molecule has 3 atom stereocenters. The Balaban J connectivity index is 0.762. The maximum absolute atomic E-state index is 14.2. The monoisotopic (exact) mass is 1000 g/mol. The predicted octanol–water partition coefficient (Wildman–Crippen LogP) is 16.0. The molecule has 16 rings (SSSR count). The van der Waals surface area contributed by atoms with Crippen LogP contribution in [0.2, 0.25) is 0 Å². The zero-order valence-electron chi connectivity index (χ0n) is 40.5. The van der Waals surface area contributed by atoms with Crippen molar-refractivity contribution < 1.29 is 29.0 Å². The summed E-state index contributed by atoms with van der Waals surface area (Å²) < 4.78 is 14.5. The van der Waals surface area contributed by atoms with Gasteiger partial charge in [0.05, 0.1) is 15.3 Å². The number of carbonyl (C=O) groups excluding carboxylic acids is 3. The van der Waals surface area contributed by atoms with Crippen molar-refractivity contribution in [2.45, 2.75) is 81.5 Å². The van der Waals surface area contributed by atoms with E-state index in [-0.39, 0.29) is 34.8 Å². The first-order chi connectivity index (χ1) is 36.2. The summed E-state index contributed by atoms with van der Waals surface area (Å²) in [6, 6.07) is 36.8. The maximum Gasteiger partial charge on any atom is 0.197 e. The molecule has 2 spiro atoms. The van der Waals surface area contributed by atoms with Crippen molar-refractivity contribution in [2.75, 3.05) is 0 Å². The third-order valence-corrected chi connectivity index (χ3v) is 19.9. The second-order valence-electron chi connectivity index (χ2n) is 22.0. The highest BCUT2D eigenvalue weighted by Crippen LogP contribution is 2.60. The normalized spacial score (nSPS) is 23.4. The molecule has 360 valence electrons. The molecule has 8 aliphatic rings. The van der Waals surface area contributed by atoms with Crippen LogP contribution in [0.4, 0.5) is 0 Å². The molecule has 2 aliphatic heterocycles. The van der Waals surface area contributed by atoms with Gasteiger partial charge in [-0.1, -0.05) is 85.7 Å². The van der Waals surface area contributed by atoms with E-state index in [1.54, 1.807) is 28.7 Å². The summed E-state index contributed by atoms with van der Waals surface area (Å²) in [7, 11) is 0. The molecule has 6 nitrogen and oxygen atoms in total. The van der Waals surface area contributed by atoms with Crippen molar-refractivity contribution in [1.82, 2.24) is 0 Å². The van der Waals surface area contributed by atoms with Gasteiger partial charge in [-0.25, -0.2) is 0 Å². The first kappa shape index (κ1) is 43.2. The maximum atomic E-state index is 14.2. The number of ketones is 3. The van der Waals surface area contributed by atoms with E-state index < -0.39 is 17.3 Å². The van der Waals surface area contributed by atoms with Crippen LogP contribution >= 0.6 is 22.7 Å². The minimum Gasteiger partial charge on any atom is -0.481 e. The van der Waals surface area contributed by atoms with Gasteiger partial charge in [-0.05, 0) is 184 Å². The average Bonchev–Trinajstić information content (AvgIpc) is 4.20. The van der Waals surface area contributed by atoms with E-state index >= 15 is 0 Å². The van der Waals surface area contributed by atoms with E-state index in [4.69, 9.17) is 9.47 Å². The number of carbonyl (C=O) groups is 3. The molecule has 8 aromatic rings. The number of aliphatic hydroxyl groups excluding tert-OH is 1. The summed E-state index contributed by atoms with van der Waals surface area (Å²) in [6.07, 6.45) is 23.1. The van der Waals surface area contributed by atoms with Gasteiger partial charge in [0.1, 0.15) is 28.8 Å². The van der Waals surface area contributed by atoms with Crippen molar-refractivity contribution in [1.29, 1.82) is 0 Å². The largest absolute Gasteiger partial charge is 0.481 e. The number of allylic oxidation sites excluding steroid dienone is 5. The average molecular weight is 1000 g/mol. The van der Waals surface area contributed by atoms with Crippen molar-refractivity contribution >= 4 is 106 Å². The number of aliphatic hydroxyl groups is 1. The molecule has 6 aliphatic carbocycles. The molecule has 2 fully saturated rings. The molecule has 0 radical (unpaired) electrons. The lowest BCUT2D eigenvalue weighted by atomic mass is 9.65. The first-order valence-electron chi connectivity index (χ1n) is 26.4. The van der Waals surface area contributed by atoms with Gasteiger partial charge in [-0.2, -0.15) is 0 Å². The Labute approximate surface area is 435 Å². The van der Waals surface area contributed by atoms with Gasteiger partial charge in [0.15, 0.2) is 17.3 Å². The van der Waals surface area contributed by atoms with E-state index in [0.717, 1.165) is 125 Å². The van der Waals surface area contributed by atoms with Crippen LogP contribution in [-0.4, -0.2) is 33.7 Å². The molecule has 8 heteroatoms. The Kier molecular flexibility index (Phi) is 9.14. The van der Waals surface area contributed by atoms with Crippen LogP contribution in [0.15, 0.2) is 156 Å². The lowest BCUT2D eigenvalue weighted by Gasteiger charge is -2.48. The van der Waals surface area contributed by atoms with Gasteiger partial charge in [0, 0.05) is 55.0 Å². The number of hydrogen-bond acceptors (Lipinski definition) is 8. The van der Waals surface area contributed by atoms with Gasteiger partial charge in [0.25, 0.3) is 0 Å². The van der Waals surface area contributed by atoms with Gasteiger partial charge >= 0.3 is 0 Å². The molecule has 0 amide bonds. The second-order valence-corrected chi connectivity index (χ2v) is 24.1. The van der Waals surface area contributed by atoms with Crippen molar-refractivity contribution in [2.24, 2.45) is 11.8 Å². The summed E-state index contributed by atoms with van der Waals surface area (Å²) in [6.45, 7) is 0. The van der Waals surface area contributed by atoms with Crippen molar-refractivity contribution in [3.8, 4) is 11.5 Å². The topological polar surface area (TPSA) is 89.9 Å². The third kappa shape index (κ3) is 6.28. The Morgan fingerprint density at radius 1 is 0.473 bits per heavy atom. The Bertz CT molecular complexity index is 4060. The quantitative estimate of drug-likeness (QED) is 0.105. The van der Waals surface area contributed by atoms with E-state index in [2.05, 4.69) is 85.0 Å². The Morgan fingerprint density at radius 3 is 1.38 bits per heavy atom. The van der Waals surface area contributed by atoms with Crippen LogP contribution in [-0.2, 0) is 0 Å². The number of hydrogen-bond donors (Lipinski definition) is 1. The lowest BCUT2D eigenvalue weighted by Crippen LogP contribution is -2.45. The first-order valence-corrected chi connectivity index (χ1v) is 28.0. The smallest absolute Gasteiger partial charge is 0.197 e. The highest BCUT2D eigenvalue weighted by Gasteiger charge is 2.50. The molecule has 2 saturated carbocycles. The fourth-order valence-electron chi connectivity index (χ4n) is 14.0. The molecule has 6 aromatic carbocycles. The molecular weight excluding hydrogens is 953 g/mol. The molecule has 3 unspecified atom stereocenters. The Hall–Kier alpha value is -7.23. The lowest BCUT2D eigenvalue weighted by molar-refractivity contribution is 0.0636. The van der Waals surface area contributed by atoms with Crippen molar-refractivity contribution in [3.05, 3.63) is 198 Å². The molecule has 4 heterocycles. The van der Waals surface area contributed by atoms with Crippen LogP contribution in [0.5, 0.6) is 11.5 Å². The van der Waals surface area contributed by atoms with Crippen LogP contribution in [0.1, 0.15) is 126 Å². The molecule has 74 heavy (non-hydrogen) atoms. The van der Waals surface area contributed by atoms with Crippen LogP contribution in [0.25, 0.3) is 66.4 Å². The van der Waals surface area contributed by atoms with Gasteiger partial charge < -0.3 is 14.6 Å². The minimum absolute atomic E-state index is 0.0876. The number of benzene rings is 6. The van der Waals surface area contributed by atoms with Crippen LogP contribution < -0.4 is 9.47 Å². The summed E-state index contributed by atoms with van der Waals surface area (Å²) in [5.41, 5.74) is 6.79. The fraction of sp³-hybridized carbons (Fsp3) is 0.227. The molecular formula is C66H48O6S2. The van der Waals surface area contributed by atoms with Gasteiger partial charge in [-0.3, -0.25) is 14.4 Å². The van der Waals surface area contributed by atoms with E-state index in [0.29, 0.717) is 27.8 Å². The minimum atomic E-state index is -1.02. The molecule has 0 saturated heterocycles. The van der Waals surface area contributed by atoms with Crippen LogP contribution in [0.3, 0.4) is 0 Å². The Morgan fingerprint density at radius 2 is 0.905 bits per heavy atom. The van der Waals surface area contributed by atoms with E-state index in [1.165, 1.54) is 35.1 Å². The molecule has 0 bridgehead atoms. The highest BCUT2D eigenvalue weighted by molar-refractivity contribution is 7.15. The van der Waals surface area contributed by atoms with Crippen LogP contribution in [0, 0.1) is 11.8 Å². The number of fused-ring (bicyclic) bond motifs is 15. The summed E-state index contributed by atoms with van der Waals surface area (Å²) >= 11 is 3.25.